The van der Waals surface area contributed by atoms with Gasteiger partial charge in [-0.2, -0.15) is 0 Å². The molecule has 2 atom stereocenters. The van der Waals surface area contributed by atoms with E-state index >= 15 is 0 Å². The molecular weight excluding hydrogens is 835 g/mol. The smallest absolute Gasteiger partial charge is 0.306 e. The van der Waals surface area contributed by atoms with E-state index in [1.165, 1.54) is 180 Å². The van der Waals surface area contributed by atoms with Crippen LogP contribution in [-0.2, 0) is 28.6 Å². The van der Waals surface area contributed by atoms with Crippen molar-refractivity contribution >= 4 is 17.9 Å². The molecule has 0 saturated carbocycles. The van der Waals surface area contributed by atoms with Crippen molar-refractivity contribution in [3.63, 3.8) is 0 Å². The summed E-state index contributed by atoms with van der Waals surface area (Å²) in [7, 11) is 5.43. The van der Waals surface area contributed by atoms with Crippen LogP contribution in [0.5, 0.6) is 0 Å². The van der Waals surface area contributed by atoms with Crippen LogP contribution < -0.4 is 5.11 Å². The molecular formula is C59H109NO7. The van der Waals surface area contributed by atoms with Crippen molar-refractivity contribution in [2.24, 2.45) is 0 Å². The lowest BCUT2D eigenvalue weighted by atomic mass is 10.0. The number of rotatable bonds is 52. The topological polar surface area (TPSA) is 102 Å². The standard InChI is InChI=1S/C59H109NO7/c1-6-8-10-12-14-16-18-20-22-24-26-28-30-32-34-36-38-40-42-44-46-48-50-58(62)67-55(53-65-52-51-56(59(63)64)60(3,4)5)54-66-57(61)49-47-45-43-41-39-37-35-33-31-29-27-25-23-21-19-17-15-13-11-9-7-2/h9,11,15,17,21,23,55-56H,6-8,10,12-14,16,18-20,22,24-54H2,1-5H3/b11-9+,17-15+,23-21+. The number of allylic oxidation sites excluding steroid dienone is 6. The minimum atomic E-state index is -1.12. The first-order valence-electron chi connectivity index (χ1n) is 28.5. The molecule has 0 amide bonds. The third-order valence-electron chi connectivity index (χ3n) is 13.0. The van der Waals surface area contributed by atoms with Crippen molar-refractivity contribution in [1.82, 2.24) is 0 Å². The van der Waals surface area contributed by atoms with Crippen LogP contribution in [0.1, 0.15) is 271 Å². The summed E-state index contributed by atoms with van der Waals surface area (Å²) in [5, 5.41) is 11.7. The van der Waals surface area contributed by atoms with E-state index in [0.29, 0.717) is 12.8 Å². The highest BCUT2D eigenvalue weighted by Gasteiger charge is 2.25. The predicted molar refractivity (Wildman–Crippen MR) is 282 cm³/mol. The van der Waals surface area contributed by atoms with Crippen LogP contribution in [0.25, 0.3) is 0 Å². The van der Waals surface area contributed by atoms with Gasteiger partial charge < -0.3 is 28.6 Å². The summed E-state index contributed by atoms with van der Waals surface area (Å²) in [6.07, 6.45) is 60.4. The molecule has 0 rings (SSSR count). The van der Waals surface area contributed by atoms with Crippen LogP contribution in [0.15, 0.2) is 36.5 Å². The molecule has 0 saturated heterocycles. The fourth-order valence-electron chi connectivity index (χ4n) is 8.68. The van der Waals surface area contributed by atoms with E-state index in [0.717, 1.165) is 57.8 Å². The molecule has 8 heteroatoms. The lowest BCUT2D eigenvalue weighted by molar-refractivity contribution is -0.889. The fraction of sp³-hybridized carbons (Fsp3) is 0.847. The second-order valence-corrected chi connectivity index (χ2v) is 20.5. The SMILES string of the molecule is CC/C=C/C/C=C/C/C=C/CCCCCCCCCCCCCC(=O)OCC(COCCC(C(=O)[O-])[N+](C)(C)C)OC(=O)CCCCCCCCCCCCCCCCCCCCCCCC. The van der Waals surface area contributed by atoms with Gasteiger partial charge in [-0.3, -0.25) is 9.59 Å². The number of unbranched alkanes of at least 4 members (excludes halogenated alkanes) is 32. The number of hydrogen-bond acceptors (Lipinski definition) is 7. The van der Waals surface area contributed by atoms with Gasteiger partial charge in [-0.05, 0) is 44.9 Å². The molecule has 67 heavy (non-hydrogen) atoms. The Morgan fingerprint density at radius 1 is 0.463 bits per heavy atom. The number of nitrogens with zero attached hydrogens (tertiary/aromatic N) is 1. The first kappa shape index (κ1) is 64.5. The molecule has 0 fully saturated rings. The maximum Gasteiger partial charge on any atom is 0.306 e. The maximum absolute atomic E-state index is 12.8. The zero-order valence-corrected chi connectivity index (χ0v) is 44.8. The fourth-order valence-corrected chi connectivity index (χ4v) is 8.68. The van der Waals surface area contributed by atoms with Gasteiger partial charge in [0.1, 0.15) is 12.6 Å². The lowest BCUT2D eigenvalue weighted by Crippen LogP contribution is -2.55. The molecule has 0 N–H and O–H groups in total. The Morgan fingerprint density at radius 3 is 1.24 bits per heavy atom. The maximum atomic E-state index is 12.8. The molecule has 0 aromatic rings. The first-order chi connectivity index (χ1) is 32.6. The molecule has 8 nitrogen and oxygen atoms in total. The van der Waals surface area contributed by atoms with E-state index in [1.54, 1.807) is 0 Å². The summed E-state index contributed by atoms with van der Waals surface area (Å²) in [5.74, 6) is -1.72. The third kappa shape index (κ3) is 48.4. The van der Waals surface area contributed by atoms with E-state index in [2.05, 4.69) is 50.3 Å². The Balaban J connectivity index is 4.14. The molecule has 0 aliphatic heterocycles. The Bertz CT molecular complexity index is 1190. The molecule has 392 valence electrons. The average molecular weight is 945 g/mol. The van der Waals surface area contributed by atoms with Crippen molar-refractivity contribution < 1.29 is 38.2 Å². The van der Waals surface area contributed by atoms with Crippen LogP contribution in [0, 0.1) is 0 Å². The zero-order chi connectivity index (χ0) is 49.2. The average Bonchev–Trinajstić information content (AvgIpc) is 3.29. The van der Waals surface area contributed by atoms with Crippen molar-refractivity contribution in [1.29, 1.82) is 0 Å². The molecule has 0 radical (unpaired) electrons. The third-order valence-corrected chi connectivity index (χ3v) is 13.0. The highest BCUT2D eigenvalue weighted by molar-refractivity contribution is 5.70. The lowest BCUT2D eigenvalue weighted by Gasteiger charge is -2.34. The van der Waals surface area contributed by atoms with Crippen molar-refractivity contribution in [2.75, 3.05) is 41.0 Å². The van der Waals surface area contributed by atoms with E-state index in [4.69, 9.17) is 14.2 Å². The van der Waals surface area contributed by atoms with Crippen molar-refractivity contribution in [2.45, 2.75) is 283 Å². The summed E-state index contributed by atoms with van der Waals surface area (Å²) in [4.78, 5) is 37.2. The number of carbonyl (C=O) groups is 3. The van der Waals surface area contributed by atoms with Gasteiger partial charge in [0, 0.05) is 19.3 Å². The number of likely N-dealkylation sites (N-methyl/N-ethyl adjacent to an activating group) is 1. The largest absolute Gasteiger partial charge is 0.544 e. The van der Waals surface area contributed by atoms with Gasteiger partial charge in [-0.1, -0.05) is 243 Å². The molecule has 0 aromatic heterocycles. The van der Waals surface area contributed by atoms with Crippen LogP contribution in [0.3, 0.4) is 0 Å². The van der Waals surface area contributed by atoms with E-state index in [9.17, 15) is 19.5 Å². The molecule has 2 unspecified atom stereocenters. The molecule has 0 aromatic carbocycles. The summed E-state index contributed by atoms with van der Waals surface area (Å²) in [6.45, 7) is 4.60. The number of carbonyl (C=O) groups excluding carboxylic acids is 3. The minimum absolute atomic E-state index is 0.0441. The number of carboxylic acids is 1. The molecule has 0 heterocycles. The first-order valence-corrected chi connectivity index (χ1v) is 28.5. The minimum Gasteiger partial charge on any atom is -0.544 e. The monoisotopic (exact) mass is 944 g/mol. The van der Waals surface area contributed by atoms with Gasteiger partial charge in [0.2, 0.25) is 0 Å². The van der Waals surface area contributed by atoms with Gasteiger partial charge in [0.05, 0.1) is 40.3 Å². The summed E-state index contributed by atoms with van der Waals surface area (Å²) in [6, 6.07) is -0.725. The Morgan fingerprint density at radius 2 is 0.836 bits per heavy atom. The number of carboxylic acid groups (broad SMARTS) is 1. The summed E-state index contributed by atoms with van der Waals surface area (Å²) >= 11 is 0. The number of quaternary nitrogens is 1. The number of ether oxygens (including phenoxy) is 3. The Kier molecular flexibility index (Phi) is 48.1. The molecule has 0 aliphatic rings. The zero-order valence-electron chi connectivity index (χ0n) is 44.8. The van der Waals surface area contributed by atoms with Gasteiger partial charge in [-0.25, -0.2) is 0 Å². The van der Waals surface area contributed by atoms with Gasteiger partial charge in [0.25, 0.3) is 0 Å². The summed E-state index contributed by atoms with van der Waals surface area (Å²) < 4.78 is 17.3. The van der Waals surface area contributed by atoms with Crippen LogP contribution in [0.4, 0.5) is 0 Å². The van der Waals surface area contributed by atoms with Crippen molar-refractivity contribution in [3.05, 3.63) is 36.5 Å². The van der Waals surface area contributed by atoms with Gasteiger partial charge in [0.15, 0.2) is 6.10 Å². The molecule has 0 aliphatic carbocycles. The second kappa shape index (κ2) is 50.0. The number of hydrogen-bond donors (Lipinski definition) is 0. The van der Waals surface area contributed by atoms with E-state index in [1.807, 2.05) is 21.1 Å². The molecule has 0 bridgehead atoms. The van der Waals surface area contributed by atoms with Gasteiger partial charge >= 0.3 is 11.9 Å². The predicted octanol–water partition coefficient (Wildman–Crippen LogP) is 15.6. The van der Waals surface area contributed by atoms with Crippen LogP contribution in [0.2, 0.25) is 0 Å². The van der Waals surface area contributed by atoms with Crippen molar-refractivity contribution in [3.8, 4) is 0 Å². The van der Waals surface area contributed by atoms with E-state index in [-0.39, 0.29) is 42.7 Å². The number of aliphatic carboxylic acids is 1. The normalized spacial score (nSPS) is 13.0. The second-order valence-electron chi connectivity index (χ2n) is 20.5. The Hall–Kier alpha value is -2.45. The summed E-state index contributed by atoms with van der Waals surface area (Å²) in [5.41, 5.74) is 0. The Labute approximate surface area is 414 Å². The van der Waals surface area contributed by atoms with E-state index < -0.39 is 18.1 Å². The highest BCUT2D eigenvalue weighted by Crippen LogP contribution is 2.17. The van der Waals surface area contributed by atoms with Crippen LogP contribution in [-0.4, -0.2) is 75.5 Å². The van der Waals surface area contributed by atoms with Crippen LogP contribution >= 0.6 is 0 Å². The van der Waals surface area contributed by atoms with Gasteiger partial charge in [-0.15, -0.1) is 0 Å². The molecule has 0 spiro atoms. The quantitative estimate of drug-likeness (QED) is 0.0259. The highest BCUT2D eigenvalue weighted by atomic mass is 16.6. The number of esters is 2.